The molecule has 2 heterocycles. The van der Waals surface area contributed by atoms with E-state index in [1.165, 1.54) is 6.08 Å². The van der Waals surface area contributed by atoms with Crippen molar-refractivity contribution in [3.8, 4) is 11.3 Å². The zero-order chi connectivity index (χ0) is 25.8. The second kappa shape index (κ2) is 11.4. The third-order valence-corrected chi connectivity index (χ3v) is 7.01. The van der Waals surface area contributed by atoms with Crippen LogP contribution in [0.3, 0.4) is 0 Å². The molecule has 9 heteroatoms. The number of carbonyl (C=O) groups excluding carboxylic acids is 2. The van der Waals surface area contributed by atoms with Gasteiger partial charge in [0, 0.05) is 43.7 Å². The highest BCUT2D eigenvalue weighted by atomic mass is 35.5. The normalized spacial score (nSPS) is 14.1. The largest absolute Gasteiger partial charge is 0.457 e. The van der Waals surface area contributed by atoms with Gasteiger partial charge in [-0.15, -0.1) is 0 Å². The van der Waals surface area contributed by atoms with Crippen LogP contribution in [0.15, 0.2) is 59.0 Å². The first-order valence-electron chi connectivity index (χ1n) is 11.6. The highest BCUT2D eigenvalue weighted by molar-refractivity contribution is 6.43. The van der Waals surface area contributed by atoms with E-state index in [4.69, 9.17) is 39.2 Å². The summed E-state index contributed by atoms with van der Waals surface area (Å²) in [6.45, 7) is 6.27. The Morgan fingerprint density at radius 1 is 0.944 bits per heavy atom. The zero-order valence-corrected chi connectivity index (χ0v) is 22.2. The number of anilines is 2. The number of hydrogen-bond donors (Lipinski definition) is 1. The average molecular weight is 547 g/mol. The Balaban J connectivity index is 1.44. The maximum Gasteiger partial charge on any atom is 0.248 e. The number of benzene rings is 2. The van der Waals surface area contributed by atoms with Gasteiger partial charge in [0.1, 0.15) is 11.5 Å². The summed E-state index contributed by atoms with van der Waals surface area (Å²) in [6.07, 6.45) is 2.98. The van der Waals surface area contributed by atoms with Gasteiger partial charge in [-0.05, 0) is 42.5 Å². The Bertz CT molecular complexity index is 1290. The van der Waals surface area contributed by atoms with Crippen LogP contribution in [0.1, 0.15) is 19.6 Å². The lowest BCUT2D eigenvalue weighted by atomic mass is 10.1. The molecule has 0 unspecified atom stereocenters. The Kier molecular flexibility index (Phi) is 8.29. The molecule has 6 nitrogen and oxygen atoms in total. The molecule has 0 saturated carbocycles. The fourth-order valence-corrected chi connectivity index (χ4v) is 4.75. The molecule has 1 aliphatic heterocycles. The van der Waals surface area contributed by atoms with Gasteiger partial charge in [0.2, 0.25) is 11.8 Å². The van der Waals surface area contributed by atoms with Crippen LogP contribution in [0.4, 0.5) is 11.4 Å². The summed E-state index contributed by atoms with van der Waals surface area (Å²) >= 11 is 18.9. The number of halogens is 3. The van der Waals surface area contributed by atoms with Crippen LogP contribution in [-0.4, -0.2) is 42.9 Å². The van der Waals surface area contributed by atoms with Gasteiger partial charge in [-0.3, -0.25) is 9.59 Å². The lowest BCUT2D eigenvalue weighted by Crippen LogP contribution is -2.50. The molecular formula is C27H26Cl3N3O3. The summed E-state index contributed by atoms with van der Waals surface area (Å²) in [7, 11) is 0. The number of carbonyl (C=O) groups is 2. The smallest absolute Gasteiger partial charge is 0.248 e. The molecule has 0 atom stereocenters. The van der Waals surface area contributed by atoms with Crippen LogP contribution in [0.5, 0.6) is 0 Å². The molecule has 1 saturated heterocycles. The predicted molar refractivity (Wildman–Crippen MR) is 147 cm³/mol. The number of amides is 2. The van der Waals surface area contributed by atoms with Gasteiger partial charge in [0.05, 0.1) is 26.4 Å². The van der Waals surface area contributed by atoms with E-state index >= 15 is 0 Å². The minimum atomic E-state index is -0.328. The first-order valence-corrected chi connectivity index (χ1v) is 12.7. The van der Waals surface area contributed by atoms with Gasteiger partial charge < -0.3 is 19.5 Å². The third kappa shape index (κ3) is 5.89. The molecule has 0 aliphatic carbocycles. The first kappa shape index (κ1) is 26.1. The number of furan rings is 1. The van der Waals surface area contributed by atoms with E-state index in [0.717, 1.165) is 5.69 Å². The fraction of sp³-hybridized carbons (Fsp3) is 0.259. The summed E-state index contributed by atoms with van der Waals surface area (Å²) < 4.78 is 5.82. The van der Waals surface area contributed by atoms with E-state index < -0.39 is 0 Å². The maximum absolute atomic E-state index is 12.7. The van der Waals surface area contributed by atoms with Gasteiger partial charge in [-0.25, -0.2) is 0 Å². The minimum absolute atomic E-state index is 0.0359. The van der Waals surface area contributed by atoms with Crippen LogP contribution in [0, 0.1) is 5.92 Å². The molecule has 2 aromatic carbocycles. The van der Waals surface area contributed by atoms with Crippen LogP contribution in [0.25, 0.3) is 17.4 Å². The Morgan fingerprint density at radius 2 is 1.64 bits per heavy atom. The van der Waals surface area contributed by atoms with Crippen molar-refractivity contribution in [2.75, 3.05) is 36.4 Å². The summed E-state index contributed by atoms with van der Waals surface area (Å²) in [4.78, 5) is 29.0. The van der Waals surface area contributed by atoms with Crippen molar-refractivity contribution in [2.45, 2.75) is 13.8 Å². The topological polar surface area (TPSA) is 65.8 Å². The number of rotatable bonds is 6. The van der Waals surface area contributed by atoms with Crippen molar-refractivity contribution in [3.63, 3.8) is 0 Å². The Labute approximate surface area is 225 Å². The standard InChI is InChI=1S/C27H26Cl3N3O3/c1-17(2)27(35)33-15-13-32(14-16-33)26-21(29)7-4-8-22(26)31-24(34)12-10-18-9-11-23(36-18)19-5-3-6-20(28)25(19)30/h3-12,17H,13-16H2,1-2H3,(H,31,34)/b12-10+. The molecule has 0 spiro atoms. The zero-order valence-electron chi connectivity index (χ0n) is 19.9. The van der Waals surface area contributed by atoms with Crippen molar-refractivity contribution in [1.82, 2.24) is 4.90 Å². The molecule has 188 valence electrons. The molecule has 0 bridgehead atoms. The summed E-state index contributed by atoms with van der Waals surface area (Å²) in [5.74, 6) is 0.825. The molecule has 0 radical (unpaired) electrons. The second-order valence-corrected chi connectivity index (χ2v) is 9.92. The average Bonchev–Trinajstić information content (AvgIpc) is 3.33. The fourth-order valence-electron chi connectivity index (χ4n) is 4.07. The highest BCUT2D eigenvalue weighted by Gasteiger charge is 2.25. The molecule has 1 N–H and O–H groups in total. The number of nitrogens with one attached hydrogen (secondary N) is 1. The number of hydrogen-bond acceptors (Lipinski definition) is 4. The van der Waals surface area contributed by atoms with Crippen molar-refractivity contribution in [1.29, 1.82) is 0 Å². The van der Waals surface area contributed by atoms with Gasteiger partial charge in [0.15, 0.2) is 0 Å². The van der Waals surface area contributed by atoms with Crippen LogP contribution in [-0.2, 0) is 9.59 Å². The summed E-state index contributed by atoms with van der Waals surface area (Å²) in [5, 5.41) is 4.29. The Hall–Kier alpha value is -2.93. The van der Waals surface area contributed by atoms with Gasteiger partial charge in [-0.1, -0.05) is 60.8 Å². The van der Waals surface area contributed by atoms with Crippen molar-refractivity contribution in [3.05, 3.63) is 75.4 Å². The van der Waals surface area contributed by atoms with E-state index in [1.807, 2.05) is 30.9 Å². The third-order valence-electron chi connectivity index (χ3n) is 5.89. The quantitative estimate of drug-likeness (QED) is 0.343. The SMILES string of the molecule is CC(C)C(=O)N1CCN(c2c(Cl)cccc2NC(=O)/C=C/c2ccc(-c3cccc(Cl)c3Cl)o2)CC1. The minimum Gasteiger partial charge on any atom is -0.457 e. The predicted octanol–water partition coefficient (Wildman–Crippen LogP) is 6.86. The number of piperazine rings is 1. The molecule has 36 heavy (non-hydrogen) atoms. The van der Waals surface area contributed by atoms with Gasteiger partial charge >= 0.3 is 0 Å². The van der Waals surface area contributed by atoms with Gasteiger partial charge in [-0.2, -0.15) is 0 Å². The summed E-state index contributed by atoms with van der Waals surface area (Å²) in [6, 6.07) is 14.2. The van der Waals surface area contributed by atoms with Crippen molar-refractivity contribution < 1.29 is 14.0 Å². The maximum atomic E-state index is 12.7. The number of para-hydroxylation sites is 1. The Morgan fingerprint density at radius 3 is 2.36 bits per heavy atom. The lowest BCUT2D eigenvalue weighted by Gasteiger charge is -2.38. The van der Waals surface area contributed by atoms with E-state index in [9.17, 15) is 9.59 Å². The molecule has 4 rings (SSSR count). The number of nitrogens with zero attached hydrogens (tertiary/aromatic N) is 2. The van der Waals surface area contributed by atoms with E-state index in [1.54, 1.807) is 42.5 Å². The van der Waals surface area contributed by atoms with E-state index in [-0.39, 0.29) is 17.7 Å². The lowest BCUT2D eigenvalue weighted by molar-refractivity contribution is -0.134. The van der Waals surface area contributed by atoms with Crippen LogP contribution >= 0.6 is 34.8 Å². The van der Waals surface area contributed by atoms with Crippen LogP contribution in [0.2, 0.25) is 15.1 Å². The second-order valence-electron chi connectivity index (χ2n) is 8.73. The molecule has 1 aromatic heterocycles. The highest BCUT2D eigenvalue weighted by Crippen LogP contribution is 2.36. The van der Waals surface area contributed by atoms with Crippen LogP contribution < -0.4 is 10.2 Å². The monoisotopic (exact) mass is 545 g/mol. The molecule has 1 aliphatic rings. The molecule has 2 amide bonds. The molecular weight excluding hydrogens is 521 g/mol. The van der Waals surface area contributed by atoms with Crippen molar-refractivity contribution >= 4 is 64.1 Å². The molecule has 1 fully saturated rings. The first-order chi connectivity index (χ1) is 17.2. The van der Waals surface area contributed by atoms with Crippen molar-refractivity contribution in [2.24, 2.45) is 5.92 Å². The van der Waals surface area contributed by atoms with E-state index in [2.05, 4.69) is 10.2 Å². The molecule has 3 aromatic rings. The summed E-state index contributed by atoms with van der Waals surface area (Å²) in [5.41, 5.74) is 2.02. The van der Waals surface area contributed by atoms with E-state index in [0.29, 0.717) is 64.0 Å². The van der Waals surface area contributed by atoms with Gasteiger partial charge in [0.25, 0.3) is 0 Å².